The number of oxazole rings is 1. The van der Waals surface area contributed by atoms with Gasteiger partial charge in [-0.2, -0.15) is 0 Å². The fourth-order valence-electron chi connectivity index (χ4n) is 6.04. The number of allylic oxidation sites excluding steroid dienone is 3. The van der Waals surface area contributed by atoms with Gasteiger partial charge in [-0.25, -0.2) is 23.1 Å². The lowest BCUT2D eigenvalue weighted by atomic mass is 9.52. The zero-order valence-electron chi connectivity index (χ0n) is 19.7. The summed E-state index contributed by atoms with van der Waals surface area (Å²) >= 11 is 0.945. The molecule has 1 aromatic heterocycles. The summed E-state index contributed by atoms with van der Waals surface area (Å²) in [6.45, 7) is 4.50. The third-order valence-electron chi connectivity index (χ3n) is 8.07. The number of fused-ring (bicyclic) bond motifs is 1. The maximum absolute atomic E-state index is 15.3. The molecule has 36 heavy (non-hydrogen) atoms. The van der Waals surface area contributed by atoms with Gasteiger partial charge in [0.15, 0.2) is 12.6 Å². The summed E-state index contributed by atoms with van der Waals surface area (Å²) in [6.07, 6.45) is 6.36. The molecule has 1 saturated carbocycles. The van der Waals surface area contributed by atoms with Crippen LogP contribution in [0.5, 0.6) is 0 Å². The van der Waals surface area contributed by atoms with E-state index in [1.165, 1.54) is 37.2 Å². The Kier molecular flexibility index (Phi) is 5.26. The number of thioether (sulfide) groups is 1. The average molecular weight is 523 g/mol. The van der Waals surface area contributed by atoms with Crippen molar-refractivity contribution in [1.29, 1.82) is 0 Å². The van der Waals surface area contributed by atoms with E-state index in [1.807, 2.05) is 0 Å². The molecule has 9 nitrogen and oxygen atoms in total. The second-order valence-corrected chi connectivity index (χ2v) is 11.2. The van der Waals surface area contributed by atoms with Crippen LogP contribution in [0.1, 0.15) is 33.1 Å². The number of amides is 1. The number of halogens is 3. The maximum atomic E-state index is 15.3. The molecule has 0 saturated heterocycles. The number of aliphatic imine (C=N–C) groups is 3. The van der Waals surface area contributed by atoms with Gasteiger partial charge in [0, 0.05) is 17.5 Å². The topological polar surface area (TPSA) is 141 Å². The van der Waals surface area contributed by atoms with Crippen LogP contribution >= 0.6 is 11.8 Å². The van der Waals surface area contributed by atoms with Crippen LogP contribution in [0, 0.1) is 11.3 Å². The molecule has 4 N–H and O–H groups in total. The van der Waals surface area contributed by atoms with E-state index in [0.29, 0.717) is 0 Å². The summed E-state index contributed by atoms with van der Waals surface area (Å²) in [5.41, 5.74) is 8.31. The predicted octanol–water partition coefficient (Wildman–Crippen LogP) is 2.93. The molecule has 4 aliphatic rings. The lowest BCUT2D eigenvalue weighted by Gasteiger charge is -2.56. The first-order valence-corrected chi connectivity index (χ1v) is 12.1. The monoisotopic (exact) mass is 522 g/mol. The molecule has 2 aliphatic heterocycles. The average Bonchev–Trinajstić information content (AvgIpc) is 3.12. The maximum Gasteiger partial charge on any atom is 0.269 e. The van der Waals surface area contributed by atoms with E-state index in [0.717, 1.165) is 17.8 Å². The zero-order chi connectivity index (χ0) is 26.1. The van der Waals surface area contributed by atoms with Gasteiger partial charge in [0.05, 0.1) is 34.2 Å². The van der Waals surface area contributed by atoms with Crippen molar-refractivity contribution in [2.45, 2.75) is 61.6 Å². The Balaban J connectivity index is 1.68. The largest absolute Gasteiger partial charge is 0.467 e. The quantitative estimate of drug-likeness (QED) is 0.609. The van der Waals surface area contributed by atoms with E-state index in [2.05, 4.69) is 15.0 Å². The fraction of sp³-hybridized carbons (Fsp3) is 0.522. The number of primary amides is 1. The molecule has 1 fully saturated rings. The van der Waals surface area contributed by atoms with Crippen molar-refractivity contribution in [3.63, 3.8) is 0 Å². The number of rotatable bonds is 5. The molecular weight excluding hydrogens is 497 g/mol. The van der Waals surface area contributed by atoms with E-state index < -0.39 is 50.9 Å². The molecule has 1 aromatic rings. The summed E-state index contributed by atoms with van der Waals surface area (Å²) in [6, 6.07) is -1.30. The molecule has 0 aromatic carbocycles. The summed E-state index contributed by atoms with van der Waals surface area (Å²) in [5.74, 6) is -5.62. The van der Waals surface area contributed by atoms with Crippen LogP contribution in [0.4, 0.5) is 13.2 Å². The van der Waals surface area contributed by atoms with Gasteiger partial charge in [0.2, 0.25) is 17.7 Å². The van der Waals surface area contributed by atoms with Crippen molar-refractivity contribution in [2.24, 2.45) is 37.8 Å². The zero-order valence-corrected chi connectivity index (χ0v) is 20.6. The molecule has 0 radical (unpaired) electrons. The molecule has 3 unspecified atom stereocenters. The van der Waals surface area contributed by atoms with Crippen molar-refractivity contribution in [2.75, 3.05) is 0 Å². The number of carbonyl (C=O) groups is 1. The Morgan fingerprint density at radius 2 is 2.06 bits per heavy atom. The van der Waals surface area contributed by atoms with Crippen LogP contribution in [0.25, 0.3) is 0 Å². The van der Waals surface area contributed by atoms with Gasteiger partial charge in [0.25, 0.3) is 5.92 Å². The van der Waals surface area contributed by atoms with E-state index in [-0.39, 0.29) is 30.5 Å². The molecule has 5 rings (SSSR count). The van der Waals surface area contributed by atoms with Crippen molar-refractivity contribution < 1.29 is 27.1 Å². The predicted molar refractivity (Wildman–Crippen MR) is 128 cm³/mol. The second kappa shape index (κ2) is 7.70. The van der Waals surface area contributed by atoms with E-state index >= 15 is 8.78 Å². The number of nitrogens with zero attached hydrogens (tertiary/aromatic N) is 4. The molecule has 2 aliphatic carbocycles. The Labute approximate surface area is 209 Å². The summed E-state index contributed by atoms with van der Waals surface area (Å²) < 4.78 is 54.7. The minimum absolute atomic E-state index is 0.00217. The van der Waals surface area contributed by atoms with Gasteiger partial charge >= 0.3 is 0 Å². The molecule has 3 heterocycles. The molecule has 192 valence electrons. The highest BCUT2D eigenvalue weighted by Crippen LogP contribution is 2.76. The first-order valence-electron chi connectivity index (χ1n) is 11.2. The number of hydrogen-bond acceptors (Lipinski definition) is 9. The number of ether oxygens (including phenoxy) is 1. The van der Waals surface area contributed by atoms with E-state index in [4.69, 9.17) is 25.6 Å². The Morgan fingerprint density at radius 1 is 1.31 bits per heavy atom. The van der Waals surface area contributed by atoms with Crippen molar-refractivity contribution in [3.8, 4) is 0 Å². The molecule has 1 amide bonds. The van der Waals surface area contributed by atoms with Gasteiger partial charge in [-0.05, 0) is 26.8 Å². The van der Waals surface area contributed by atoms with Gasteiger partial charge in [-0.1, -0.05) is 6.08 Å². The van der Waals surface area contributed by atoms with Crippen molar-refractivity contribution in [3.05, 3.63) is 42.0 Å². The minimum atomic E-state index is -3.09. The number of carbonyl (C=O) groups excluding carboxylic acids is 1. The van der Waals surface area contributed by atoms with Gasteiger partial charge in [-0.3, -0.25) is 14.8 Å². The van der Waals surface area contributed by atoms with Crippen LogP contribution in [0.2, 0.25) is 0 Å². The highest BCUT2D eigenvalue weighted by Gasteiger charge is 2.88. The number of hydrogen-bond donors (Lipinski definition) is 2. The van der Waals surface area contributed by atoms with Crippen LogP contribution < -0.4 is 11.5 Å². The SMILES string of the molecule is CC12SC=N[C@](C)([C@@]3(C4(C)N=C(OCc5ncco5)C=NC4C(N)=O)C=CC(F)=C(N)C3)[C@H]1C2(F)F. The molecule has 6 atom stereocenters. The number of nitrogens with two attached hydrogens (primary N) is 2. The van der Waals surface area contributed by atoms with Crippen LogP contribution in [0.15, 0.2) is 55.5 Å². The molecule has 0 bridgehead atoms. The van der Waals surface area contributed by atoms with Crippen LogP contribution in [-0.4, -0.2) is 56.3 Å². The van der Waals surface area contributed by atoms with Gasteiger partial charge in [-0.15, -0.1) is 11.8 Å². The first-order chi connectivity index (χ1) is 16.8. The normalized spacial score (nSPS) is 40.6. The smallest absolute Gasteiger partial charge is 0.269 e. The Hall–Kier alpha value is -3.09. The van der Waals surface area contributed by atoms with Gasteiger partial charge in [0.1, 0.15) is 17.6 Å². The summed E-state index contributed by atoms with van der Waals surface area (Å²) in [7, 11) is 0. The van der Waals surface area contributed by atoms with E-state index in [9.17, 15) is 9.18 Å². The minimum Gasteiger partial charge on any atom is -0.467 e. The first kappa shape index (κ1) is 24.6. The lowest BCUT2D eigenvalue weighted by Crippen LogP contribution is -2.67. The Bertz CT molecular complexity index is 1260. The highest BCUT2D eigenvalue weighted by molar-refractivity contribution is 8.13. The van der Waals surface area contributed by atoms with Crippen molar-refractivity contribution >= 4 is 35.3 Å². The van der Waals surface area contributed by atoms with Crippen LogP contribution in [0.3, 0.4) is 0 Å². The third-order valence-corrected chi connectivity index (χ3v) is 9.28. The lowest BCUT2D eigenvalue weighted by molar-refractivity contribution is -0.122. The number of aromatic nitrogens is 1. The molecule has 0 spiro atoms. The van der Waals surface area contributed by atoms with E-state index in [1.54, 1.807) is 13.8 Å². The van der Waals surface area contributed by atoms with Crippen LogP contribution in [-0.2, 0) is 16.1 Å². The molecular formula is C23H25F3N6O3S. The standard InChI is InChI=1S/C23H25F3N6O3S/c1-19(16(17(28)33)30-9-14(32-19)35-10-15-29-6-7-34-15)22(5-4-12(24)13(27)8-22)20(2)18-21(3,23(18,25)26)36-11-31-20/h4-7,9,11,16,18H,8,10,27H2,1-3H3,(H2,28,33)/t16?,18-,19?,20+,21?,22+/m1/s1. The Morgan fingerprint density at radius 3 is 2.69 bits per heavy atom. The summed E-state index contributed by atoms with van der Waals surface area (Å²) in [4.78, 5) is 30.2. The molecule has 13 heteroatoms. The highest BCUT2D eigenvalue weighted by atomic mass is 32.2. The van der Waals surface area contributed by atoms with Crippen molar-refractivity contribution in [1.82, 2.24) is 4.98 Å². The summed E-state index contributed by atoms with van der Waals surface area (Å²) in [5, 5.41) is 0. The number of alkyl halides is 2. The van der Waals surface area contributed by atoms with Gasteiger partial charge < -0.3 is 20.6 Å². The second-order valence-electron chi connectivity index (χ2n) is 9.91. The third kappa shape index (κ3) is 3.07. The fourth-order valence-corrected chi connectivity index (χ4v) is 7.26.